The van der Waals surface area contributed by atoms with Gasteiger partial charge in [0, 0.05) is 20.2 Å². The molecule has 0 bridgehead atoms. The Hall–Kier alpha value is -1.85. The maximum absolute atomic E-state index is 12.4. The highest BCUT2D eigenvalue weighted by atomic mass is 32.2. The molecule has 0 aliphatic rings. The van der Waals surface area contributed by atoms with Crippen LogP contribution in [-0.2, 0) is 20.2 Å². The van der Waals surface area contributed by atoms with Crippen molar-refractivity contribution in [2.45, 2.75) is 9.79 Å². The van der Waals surface area contributed by atoms with E-state index in [1.165, 1.54) is 18.2 Å². The fourth-order valence-electron chi connectivity index (χ4n) is 2.13. The largest absolute Gasteiger partial charge is 0.294 e. The Morgan fingerprint density at radius 3 is 1.91 bits per heavy atom. The van der Waals surface area contributed by atoms with Crippen molar-refractivity contribution >= 4 is 51.7 Å². The van der Waals surface area contributed by atoms with E-state index in [0.29, 0.717) is 9.40 Å². The van der Waals surface area contributed by atoms with Crippen LogP contribution >= 0.6 is 11.3 Å². The van der Waals surface area contributed by atoms with Crippen molar-refractivity contribution in [2.75, 3.05) is 0 Å². The summed E-state index contributed by atoms with van der Waals surface area (Å²) < 4.78 is 63.5. The van der Waals surface area contributed by atoms with Gasteiger partial charge in [0.1, 0.15) is 0 Å². The van der Waals surface area contributed by atoms with E-state index >= 15 is 0 Å². The van der Waals surface area contributed by atoms with Crippen LogP contribution < -0.4 is 5.43 Å². The molecule has 2 N–H and O–H groups in total. The summed E-state index contributed by atoms with van der Waals surface area (Å²) in [5.41, 5.74) is -0.499. The fourth-order valence-corrected chi connectivity index (χ4v) is 4.31. The third-order valence-corrected chi connectivity index (χ3v) is 6.04. The normalized spacial score (nSPS) is 12.8. The first kappa shape index (κ1) is 16.0. The SMILES string of the molecule is O=c1c2ccc(S(=O)(=O)O)cc2sc2ccc(S(=O)(=O)O)cc12. The van der Waals surface area contributed by atoms with Crippen LogP contribution in [0, 0.1) is 0 Å². The number of hydrogen-bond acceptors (Lipinski definition) is 6. The van der Waals surface area contributed by atoms with E-state index in [0.717, 1.165) is 29.5 Å². The third kappa shape index (κ3) is 2.86. The molecule has 0 saturated carbocycles. The summed E-state index contributed by atoms with van der Waals surface area (Å²) in [5, 5.41) is 0.277. The van der Waals surface area contributed by atoms with Gasteiger partial charge in [-0.3, -0.25) is 13.9 Å². The second kappa shape index (κ2) is 5.08. The Bertz CT molecular complexity index is 1220. The van der Waals surface area contributed by atoms with Gasteiger partial charge in [-0.25, -0.2) is 0 Å². The van der Waals surface area contributed by atoms with Gasteiger partial charge in [-0.05, 0) is 36.4 Å². The average Bonchev–Trinajstić information content (AvgIpc) is 2.44. The topological polar surface area (TPSA) is 126 Å². The summed E-state index contributed by atoms with van der Waals surface area (Å²) in [6.07, 6.45) is 0. The van der Waals surface area contributed by atoms with Crippen molar-refractivity contribution < 1.29 is 25.9 Å². The van der Waals surface area contributed by atoms with Crippen molar-refractivity contribution in [1.29, 1.82) is 0 Å². The first-order chi connectivity index (χ1) is 10.6. The maximum atomic E-state index is 12.4. The molecule has 120 valence electrons. The van der Waals surface area contributed by atoms with Gasteiger partial charge < -0.3 is 0 Å². The van der Waals surface area contributed by atoms with Crippen LogP contribution in [-0.4, -0.2) is 25.9 Å². The molecule has 0 spiro atoms. The lowest BCUT2D eigenvalue weighted by atomic mass is 10.2. The van der Waals surface area contributed by atoms with Crippen LogP contribution in [0.25, 0.3) is 20.2 Å². The highest BCUT2D eigenvalue weighted by Crippen LogP contribution is 2.28. The molecule has 10 heteroatoms. The van der Waals surface area contributed by atoms with Crippen LogP contribution in [0.2, 0.25) is 0 Å². The van der Waals surface area contributed by atoms with Gasteiger partial charge in [-0.2, -0.15) is 16.8 Å². The van der Waals surface area contributed by atoms with Crippen LogP contribution in [0.3, 0.4) is 0 Å². The molecule has 1 heterocycles. The van der Waals surface area contributed by atoms with Crippen molar-refractivity contribution in [3.8, 4) is 0 Å². The molecule has 0 aliphatic heterocycles. The van der Waals surface area contributed by atoms with Gasteiger partial charge in [0.2, 0.25) is 0 Å². The van der Waals surface area contributed by atoms with E-state index in [4.69, 9.17) is 9.11 Å². The number of benzene rings is 2. The Kier molecular flexibility index (Phi) is 3.54. The molecule has 0 saturated heterocycles. The molecule has 23 heavy (non-hydrogen) atoms. The van der Waals surface area contributed by atoms with Gasteiger partial charge >= 0.3 is 0 Å². The summed E-state index contributed by atoms with van der Waals surface area (Å²) in [7, 11) is -8.83. The lowest BCUT2D eigenvalue weighted by molar-refractivity contribution is 0.481. The number of hydrogen-bond donors (Lipinski definition) is 2. The van der Waals surface area contributed by atoms with E-state index in [2.05, 4.69) is 0 Å². The maximum Gasteiger partial charge on any atom is 0.294 e. The van der Waals surface area contributed by atoms with E-state index in [9.17, 15) is 21.6 Å². The predicted octanol–water partition coefficient (Wildman–Crippen LogP) is 1.91. The fraction of sp³-hybridized carbons (Fsp3) is 0. The molecule has 1 aromatic heterocycles. The number of rotatable bonds is 2. The van der Waals surface area contributed by atoms with E-state index in [-0.39, 0.29) is 15.7 Å². The molecular formula is C13H8O7S3. The quantitative estimate of drug-likeness (QED) is 0.520. The lowest BCUT2D eigenvalue weighted by Crippen LogP contribution is -2.05. The molecule has 0 amide bonds. The van der Waals surface area contributed by atoms with Crippen molar-refractivity contribution in [2.24, 2.45) is 0 Å². The molecular weight excluding hydrogens is 364 g/mol. The van der Waals surface area contributed by atoms with Crippen molar-refractivity contribution in [3.05, 3.63) is 46.6 Å². The molecule has 7 nitrogen and oxygen atoms in total. The van der Waals surface area contributed by atoms with E-state index in [1.807, 2.05) is 0 Å². The lowest BCUT2D eigenvalue weighted by Gasteiger charge is -2.04. The summed E-state index contributed by atoms with van der Waals surface area (Å²) in [4.78, 5) is 11.7. The number of fused-ring (bicyclic) bond motifs is 2. The van der Waals surface area contributed by atoms with E-state index in [1.54, 1.807) is 0 Å². The molecule has 0 radical (unpaired) electrons. The second-order valence-electron chi connectivity index (χ2n) is 4.70. The molecule has 3 rings (SSSR count). The minimum atomic E-state index is -4.44. The highest BCUT2D eigenvalue weighted by Gasteiger charge is 2.15. The molecule has 2 aromatic carbocycles. The summed E-state index contributed by atoms with van der Waals surface area (Å²) in [6, 6.07) is 7.07. The zero-order valence-corrected chi connectivity index (χ0v) is 13.6. The van der Waals surface area contributed by atoms with Gasteiger partial charge in [-0.15, -0.1) is 11.3 Å². The van der Waals surface area contributed by atoms with Crippen molar-refractivity contribution in [1.82, 2.24) is 0 Å². The predicted molar refractivity (Wildman–Crippen MR) is 85.2 cm³/mol. The summed E-state index contributed by atoms with van der Waals surface area (Å²) >= 11 is 1.06. The second-order valence-corrected chi connectivity index (χ2v) is 8.62. The molecule has 0 unspecified atom stereocenters. The van der Waals surface area contributed by atoms with Crippen molar-refractivity contribution in [3.63, 3.8) is 0 Å². The molecule has 3 aromatic rings. The smallest absolute Gasteiger partial charge is 0.289 e. The monoisotopic (exact) mass is 372 g/mol. The average molecular weight is 372 g/mol. The molecule has 0 aliphatic carbocycles. The summed E-state index contributed by atoms with van der Waals surface area (Å²) in [6.45, 7) is 0. The summed E-state index contributed by atoms with van der Waals surface area (Å²) in [5.74, 6) is 0. The third-order valence-electron chi connectivity index (χ3n) is 3.21. The Labute approximate surface area is 134 Å². The van der Waals surface area contributed by atoms with Crippen LogP contribution in [0.5, 0.6) is 0 Å². The Morgan fingerprint density at radius 1 is 0.739 bits per heavy atom. The Morgan fingerprint density at radius 2 is 1.30 bits per heavy atom. The van der Waals surface area contributed by atoms with E-state index < -0.39 is 30.6 Å². The minimum absolute atomic E-state index is 0.0947. The van der Waals surface area contributed by atoms with Gasteiger partial charge in [0.25, 0.3) is 20.2 Å². The van der Waals surface area contributed by atoms with Crippen LogP contribution in [0.1, 0.15) is 0 Å². The van der Waals surface area contributed by atoms with Gasteiger partial charge in [-0.1, -0.05) is 0 Å². The first-order valence-corrected chi connectivity index (χ1v) is 9.73. The Balaban J connectivity index is 2.42. The van der Waals surface area contributed by atoms with Gasteiger partial charge in [0.05, 0.1) is 9.79 Å². The zero-order valence-electron chi connectivity index (χ0n) is 11.1. The highest BCUT2D eigenvalue weighted by molar-refractivity contribution is 7.86. The first-order valence-electron chi connectivity index (χ1n) is 6.03. The van der Waals surface area contributed by atoms with Crippen LogP contribution in [0.4, 0.5) is 0 Å². The van der Waals surface area contributed by atoms with Gasteiger partial charge in [0.15, 0.2) is 5.43 Å². The van der Waals surface area contributed by atoms with Crippen LogP contribution in [0.15, 0.2) is 51.0 Å². The minimum Gasteiger partial charge on any atom is -0.289 e. The molecule has 0 fully saturated rings. The standard InChI is InChI=1S/C13H8O7S3/c14-13-9-3-1-8(23(18,19)20)6-12(9)21-11-4-2-7(5-10(11)13)22(15,16)17/h1-6H,(H,15,16,17)(H,18,19,20). The zero-order chi connectivity index (χ0) is 17.0. The molecule has 0 atom stereocenters.